The van der Waals surface area contributed by atoms with Crippen LogP contribution in [0.2, 0.25) is 0 Å². The van der Waals surface area contributed by atoms with Gasteiger partial charge < -0.3 is 14.4 Å². The monoisotopic (exact) mass is 313 g/mol. The summed E-state index contributed by atoms with van der Waals surface area (Å²) in [5, 5.41) is 0. The Balaban J connectivity index is 2.08. The fraction of sp³-hybridized carbons (Fsp3) is 0.600. The molecule has 6 heteroatoms. The van der Waals surface area contributed by atoms with Crippen molar-refractivity contribution >= 4 is 9.84 Å². The van der Waals surface area contributed by atoms with Gasteiger partial charge >= 0.3 is 0 Å². The Morgan fingerprint density at radius 3 is 2.67 bits per heavy atom. The van der Waals surface area contributed by atoms with Crippen molar-refractivity contribution in [2.75, 3.05) is 45.9 Å². The Labute approximate surface area is 126 Å². The second kappa shape index (κ2) is 6.66. The highest BCUT2D eigenvalue weighted by Gasteiger charge is 2.27. The lowest BCUT2D eigenvalue weighted by molar-refractivity contribution is 0.341. The zero-order valence-corrected chi connectivity index (χ0v) is 13.6. The number of methoxy groups -OCH3 is 2. The van der Waals surface area contributed by atoms with Gasteiger partial charge in [0.25, 0.3) is 0 Å². The van der Waals surface area contributed by atoms with E-state index in [1.54, 1.807) is 14.2 Å². The zero-order chi connectivity index (χ0) is 15.5. The van der Waals surface area contributed by atoms with Crippen LogP contribution >= 0.6 is 0 Å². The van der Waals surface area contributed by atoms with Gasteiger partial charge in [-0.15, -0.1) is 0 Å². The Hall–Kier alpha value is -1.27. The third-order valence-corrected chi connectivity index (χ3v) is 4.85. The zero-order valence-electron chi connectivity index (χ0n) is 12.8. The van der Waals surface area contributed by atoms with Crippen molar-refractivity contribution in [3.8, 4) is 11.5 Å². The molecular weight excluding hydrogens is 290 g/mol. The van der Waals surface area contributed by atoms with E-state index >= 15 is 0 Å². The summed E-state index contributed by atoms with van der Waals surface area (Å²) in [5.41, 5.74) is 1.14. The van der Waals surface area contributed by atoms with Gasteiger partial charge in [-0.1, -0.05) is 12.1 Å². The van der Waals surface area contributed by atoms with Crippen molar-refractivity contribution < 1.29 is 17.9 Å². The van der Waals surface area contributed by atoms with E-state index in [1.807, 2.05) is 12.1 Å². The first kappa shape index (κ1) is 16.1. The highest BCUT2D eigenvalue weighted by atomic mass is 32.2. The van der Waals surface area contributed by atoms with Crippen LogP contribution in [0.4, 0.5) is 0 Å². The van der Waals surface area contributed by atoms with Gasteiger partial charge in [0.05, 0.1) is 20.0 Å². The minimum Gasteiger partial charge on any atom is -0.493 e. The van der Waals surface area contributed by atoms with Crippen LogP contribution in [0, 0.1) is 0 Å². The van der Waals surface area contributed by atoms with Crippen molar-refractivity contribution in [3.05, 3.63) is 23.8 Å². The first-order valence-electron chi connectivity index (χ1n) is 7.05. The molecule has 0 radical (unpaired) electrons. The molecule has 1 aromatic carbocycles. The summed E-state index contributed by atoms with van der Waals surface area (Å²) in [5.74, 6) is 2.10. The second-order valence-electron chi connectivity index (χ2n) is 5.50. The molecule has 0 N–H and O–H groups in total. The maximum atomic E-state index is 11.3. The normalized spacial score (nSPS) is 19.7. The van der Waals surface area contributed by atoms with Crippen molar-refractivity contribution in [1.29, 1.82) is 0 Å². The number of hydrogen-bond acceptors (Lipinski definition) is 5. The molecule has 1 saturated heterocycles. The van der Waals surface area contributed by atoms with Crippen LogP contribution in [-0.2, 0) is 9.84 Å². The van der Waals surface area contributed by atoms with E-state index < -0.39 is 9.84 Å². The van der Waals surface area contributed by atoms with Crippen LogP contribution in [0.1, 0.15) is 17.9 Å². The van der Waals surface area contributed by atoms with Crippen LogP contribution in [0.5, 0.6) is 11.5 Å². The van der Waals surface area contributed by atoms with E-state index in [9.17, 15) is 8.42 Å². The lowest BCUT2D eigenvalue weighted by atomic mass is 9.97. The largest absolute Gasteiger partial charge is 0.493 e. The number of nitrogens with zero attached hydrogens (tertiary/aromatic N) is 1. The van der Waals surface area contributed by atoms with E-state index in [4.69, 9.17) is 9.47 Å². The van der Waals surface area contributed by atoms with Crippen LogP contribution in [0.3, 0.4) is 0 Å². The van der Waals surface area contributed by atoms with Gasteiger partial charge in [0.2, 0.25) is 0 Å². The van der Waals surface area contributed by atoms with Gasteiger partial charge in [-0.3, -0.25) is 0 Å². The van der Waals surface area contributed by atoms with E-state index in [2.05, 4.69) is 11.0 Å². The molecule has 1 fully saturated rings. The van der Waals surface area contributed by atoms with Crippen molar-refractivity contribution in [2.24, 2.45) is 0 Å². The average molecular weight is 313 g/mol. The lowest BCUT2D eigenvalue weighted by Gasteiger charge is -2.18. The third-order valence-electron chi connectivity index (χ3n) is 3.92. The van der Waals surface area contributed by atoms with Crippen LogP contribution < -0.4 is 9.47 Å². The number of para-hydroxylation sites is 1. The molecule has 0 spiro atoms. The molecule has 1 heterocycles. The molecule has 1 aromatic rings. The molecule has 118 valence electrons. The van der Waals surface area contributed by atoms with Crippen molar-refractivity contribution in [3.63, 3.8) is 0 Å². The average Bonchev–Trinajstić information content (AvgIpc) is 2.92. The van der Waals surface area contributed by atoms with E-state index in [0.717, 1.165) is 36.6 Å². The molecule has 1 aliphatic heterocycles. The summed E-state index contributed by atoms with van der Waals surface area (Å²) in [6.07, 6.45) is 2.29. The maximum Gasteiger partial charge on any atom is 0.164 e. The summed E-state index contributed by atoms with van der Waals surface area (Å²) < 4.78 is 33.3. The Morgan fingerprint density at radius 2 is 2.05 bits per heavy atom. The summed E-state index contributed by atoms with van der Waals surface area (Å²) >= 11 is 0. The SMILES string of the molecule is COc1cccc([C@H]2CCN(CCS(C)(=O)=O)C2)c1OC. The summed E-state index contributed by atoms with van der Waals surface area (Å²) in [6.45, 7) is 2.38. The molecule has 1 atom stereocenters. The Morgan fingerprint density at radius 1 is 1.29 bits per heavy atom. The molecule has 0 bridgehead atoms. The van der Waals surface area contributed by atoms with Crippen molar-refractivity contribution in [2.45, 2.75) is 12.3 Å². The molecule has 21 heavy (non-hydrogen) atoms. The predicted molar refractivity (Wildman–Crippen MR) is 83.1 cm³/mol. The molecule has 5 nitrogen and oxygen atoms in total. The highest BCUT2D eigenvalue weighted by Crippen LogP contribution is 2.39. The quantitative estimate of drug-likeness (QED) is 0.797. The van der Waals surface area contributed by atoms with Gasteiger partial charge in [0, 0.05) is 30.8 Å². The van der Waals surface area contributed by atoms with Crippen LogP contribution in [-0.4, -0.2) is 59.2 Å². The van der Waals surface area contributed by atoms with Gasteiger partial charge in [-0.05, 0) is 19.0 Å². The van der Waals surface area contributed by atoms with Gasteiger partial charge in [-0.25, -0.2) is 8.42 Å². The summed E-state index contributed by atoms with van der Waals surface area (Å²) in [7, 11) is 0.381. The predicted octanol–water partition coefficient (Wildman–Crippen LogP) is 1.54. The van der Waals surface area contributed by atoms with E-state index in [0.29, 0.717) is 12.5 Å². The van der Waals surface area contributed by atoms with E-state index in [-0.39, 0.29) is 5.75 Å². The Bertz CT molecular complexity index is 585. The number of sulfone groups is 1. The third kappa shape index (κ3) is 4.11. The molecule has 0 aromatic heterocycles. The first-order valence-corrected chi connectivity index (χ1v) is 9.11. The number of ether oxygens (including phenoxy) is 2. The molecule has 2 rings (SSSR count). The highest BCUT2D eigenvalue weighted by molar-refractivity contribution is 7.90. The molecule has 0 amide bonds. The first-order chi connectivity index (χ1) is 9.94. The smallest absolute Gasteiger partial charge is 0.164 e. The standard InChI is InChI=1S/C15H23NO4S/c1-19-14-6-4-5-13(15(14)20-2)12-7-8-16(11-12)9-10-21(3,17)18/h4-6,12H,7-11H2,1-3H3/t12-/m0/s1. The van der Waals surface area contributed by atoms with Crippen LogP contribution in [0.25, 0.3) is 0 Å². The summed E-state index contributed by atoms with van der Waals surface area (Å²) in [4.78, 5) is 2.20. The molecule has 0 saturated carbocycles. The fourth-order valence-electron chi connectivity index (χ4n) is 2.82. The lowest BCUT2D eigenvalue weighted by Crippen LogP contribution is -2.26. The minimum atomic E-state index is -2.90. The number of rotatable bonds is 6. The number of hydrogen-bond donors (Lipinski definition) is 0. The minimum absolute atomic E-state index is 0.217. The maximum absolute atomic E-state index is 11.3. The fourth-order valence-corrected chi connectivity index (χ4v) is 3.41. The molecule has 0 unspecified atom stereocenters. The van der Waals surface area contributed by atoms with Crippen molar-refractivity contribution in [1.82, 2.24) is 4.90 Å². The molecule has 0 aliphatic carbocycles. The second-order valence-corrected chi connectivity index (χ2v) is 7.76. The topological polar surface area (TPSA) is 55.8 Å². The molecular formula is C15H23NO4S. The number of benzene rings is 1. The van der Waals surface area contributed by atoms with Gasteiger partial charge in [0.1, 0.15) is 9.84 Å². The van der Waals surface area contributed by atoms with Gasteiger partial charge in [-0.2, -0.15) is 0 Å². The van der Waals surface area contributed by atoms with E-state index in [1.165, 1.54) is 6.26 Å². The van der Waals surface area contributed by atoms with Crippen LogP contribution in [0.15, 0.2) is 18.2 Å². The number of likely N-dealkylation sites (tertiary alicyclic amines) is 1. The molecule has 1 aliphatic rings. The summed E-state index contributed by atoms with van der Waals surface area (Å²) in [6, 6.07) is 5.92. The Kier molecular flexibility index (Phi) is 5.11. The van der Waals surface area contributed by atoms with Gasteiger partial charge in [0.15, 0.2) is 11.5 Å².